The maximum Gasteiger partial charge on any atom is 0.0652 e. The van der Waals surface area contributed by atoms with E-state index < -0.39 is 0 Å². The predicted molar refractivity (Wildman–Crippen MR) is 224 cm³/mol. The maximum absolute atomic E-state index is 4.92. The molecule has 0 heterocycles. The second-order valence-electron chi connectivity index (χ2n) is 12.5. The minimum Gasteiger partial charge on any atom is -0.310 e. The highest BCUT2D eigenvalue weighted by molar-refractivity contribution is 5.90. The van der Waals surface area contributed by atoms with Gasteiger partial charge in [-0.1, -0.05) is 127 Å². The largest absolute Gasteiger partial charge is 0.310 e. The van der Waals surface area contributed by atoms with Gasteiger partial charge in [-0.15, -0.1) is 0 Å². The lowest BCUT2D eigenvalue weighted by Gasteiger charge is -2.26. The molecule has 0 aliphatic rings. The van der Waals surface area contributed by atoms with Crippen LogP contribution in [0.15, 0.2) is 223 Å². The fourth-order valence-electron chi connectivity index (χ4n) is 6.27. The molecule has 5 nitrogen and oxygen atoms in total. The number of nitrogens with zero attached hydrogens (tertiary/aromatic N) is 5. The van der Waals surface area contributed by atoms with Crippen molar-refractivity contribution in [1.82, 2.24) is 0 Å². The van der Waals surface area contributed by atoms with Crippen LogP contribution in [0.1, 0.15) is 11.1 Å². The Kier molecular flexibility index (Phi) is 9.79. The number of para-hydroxylation sites is 4. The number of rotatable bonds is 11. The number of benzene rings is 8. The summed E-state index contributed by atoms with van der Waals surface area (Å²) in [6.45, 7) is 0. The first-order valence-electron chi connectivity index (χ1n) is 17.7. The molecule has 0 fully saturated rings. The van der Waals surface area contributed by atoms with Gasteiger partial charge >= 0.3 is 0 Å². The molecule has 0 atom stereocenters. The van der Waals surface area contributed by atoms with Crippen LogP contribution in [0.4, 0.5) is 39.8 Å². The second kappa shape index (κ2) is 15.8. The summed E-state index contributed by atoms with van der Waals surface area (Å²) in [4.78, 5) is 2.29. The molecule has 0 unspecified atom stereocenters. The monoisotopic (exact) mass is 683 g/mol. The highest BCUT2D eigenvalue weighted by Gasteiger charge is 2.14. The average molecular weight is 684 g/mol. The van der Waals surface area contributed by atoms with Crippen LogP contribution in [-0.4, -0.2) is 12.4 Å². The molecule has 8 aromatic carbocycles. The Morgan fingerprint density at radius 2 is 0.623 bits per heavy atom. The van der Waals surface area contributed by atoms with Crippen molar-refractivity contribution in [3.05, 3.63) is 223 Å². The summed E-state index contributed by atoms with van der Waals surface area (Å²) in [6.07, 6.45) is 3.82. The number of hydrogen-bond acceptors (Lipinski definition) is 5. The van der Waals surface area contributed by atoms with Crippen LogP contribution in [0, 0.1) is 0 Å². The fourth-order valence-corrected chi connectivity index (χ4v) is 6.27. The zero-order valence-corrected chi connectivity index (χ0v) is 29.1. The SMILES string of the molecule is C(=NN(c1ccccc1)c1ccccc1)c1ccc(N(c2ccc(C=NN(c3ccccc3)c3ccccc3)cc2)c2ccc3ccccc3c2)cc1. The first kappa shape index (κ1) is 32.9. The Morgan fingerprint density at radius 1 is 0.283 bits per heavy atom. The first-order chi connectivity index (χ1) is 26.3. The van der Waals surface area contributed by atoms with Gasteiger partial charge in [0, 0.05) is 17.1 Å². The number of hydrogen-bond donors (Lipinski definition) is 0. The van der Waals surface area contributed by atoms with E-state index in [2.05, 4.69) is 144 Å². The Hall–Kier alpha value is -7.24. The fraction of sp³-hybridized carbons (Fsp3) is 0. The highest BCUT2D eigenvalue weighted by atomic mass is 15.5. The van der Waals surface area contributed by atoms with E-state index in [1.165, 1.54) is 10.8 Å². The highest BCUT2D eigenvalue weighted by Crippen LogP contribution is 2.36. The van der Waals surface area contributed by atoms with Crippen molar-refractivity contribution in [1.29, 1.82) is 0 Å². The average Bonchev–Trinajstić information content (AvgIpc) is 3.24. The van der Waals surface area contributed by atoms with Crippen LogP contribution in [0.3, 0.4) is 0 Å². The van der Waals surface area contributed by atoms with Crippen molar-refractivity contribution in [3.8, 4) is 0 Å². The smallest absolute Gasteiger partial charge is 0.0652 e. The summed E-state index contributed by atoms with van der Waals surface area (Å²) in [5.41, 5.74) is 9.14. The lowest BCUT2D eigenvalue weighted by Crippen LogP contribution is -2.11. The molecule has 0 saturated carbocycles. The molecule has 0 spiro atoms. The van der Waals surface area contributed by atoms with E-state index in [9.17, 15) is 0 Å². The zero-order valence-electron chi connectivity index (χ0n) is 29.1. The van der Waals surface area contributed by atoms with Gasteiger partial charge in [0.2, 0.25) is 0 Å². The Bertz CT molecular complexity index is 2210. The lowest BCUT2D eigenvalue weighted by molar-refractivity contribution is 1.09. The van der Waals surface area contributed by atoms with Gasteiger partial charge in [-0.25, -0.2) is 10.0 Å². The summed E-state index contributed by atoms with van der Waals surface area (Å²) in [6, 6.07) is 73.0. The molecule has 254 valence electrons. The third-order valence-corrected chi connectivity index (χ3v) is 8.94. The standard InChI is InChI=1S/C48H37N5/c1-5-17-44(18-6-1)52(45-19-7-2-8-20-45)49-36-38-25-30-42(31-26-38)51(48-34-29-40-15-13-14-16-41(40)35-48)43-32-27-39(28-33-43)37-50-53(46-21-9-3-10-22-46)47-23-11-4-12-24-47/h1-37H. The predicted octanol–water partition coefficient (Wildman–Crippen LogP) is 12.7. The van der Waals surface area contributed by atoms with Crippen molar-refractivity contribution >= 4 is 63.0 Å². The number of fused-ring (bicyclic) bond motifs is 1. The zero-order chi connectivity index (χ0) is 35.7. The molecule has 0 radical (unpaired) electrons. The summed E-state index contributed by atoms with van der Waals surface area (Å²) < 4.78 is 0. The maximum atomic E-state index is 4.92. The van der Waals surface area contributed by atoms with E-state index in [1.807, 2.05) is 95.2 Å². The summed E-state index contributed by atoms with van der Waals surface area (Å²) >= 11 is 0. The quantitative estimate of drug-likeness (QED) is 0.101. The number of anilines is 7. The molecular weight excluding hydrogens is 647 g/mol. The molecule has 0 amide bonds. The molecule has 8 aromatic rings. The van der Waals surface area contributed by atoms with Crippen LogP contribution < -0.4 is 14.9 Å². The van der Waals surface area contributed by atoms with Crippen LogP contribution in [0.2, 0.25) is 0 Å². The third-order valence-electron chi connectivity index (χ3n) is 8.94. The van der Waals surface area contributed by atoms with E-state index in [1.54, 1.807) is 0 Å². The Balaban J connectivity index is 1.10. The van der Waals surface area contributed by atoms with Crippen LogP contribution in [0.25, 0.3) is 10.8 Å². The van der Waals surface area contributed by atoms with E-state index in [0.717, 1.165) is 50.9 Å². The molecule has 0 aliphatic heterocycles. The van der Waals surface area contributed by atoms with E-state index >= 15 is 0 Å². The van der Waals surface area contributed by atoms with E-state index in [4.69, 9.17) is 10.2 Å². The second-order valence-corrected chi connectivity index (χ2v) is 12.5. The molecule has 8 rings (SSSR count). The van der Waals surface area contributed by atoms with Gasteiger partial charge in [0.25, 0.3) is 0 Å². The molecule has 0 aliphatic carbocycles. The summed E-state index contributed by atoms with van der Waals surface area (Å²) in [5, 5.41) is 16.1. The van der Waals surface area contributed by atoms with Gasteiger partial charge in [0.1, 0.15) is 0 Å². The minimum absolute atomic E-state index is 0.996. The summed E-state index contributed by atoms with van der Waals surface area (Å²) in [5.74, 6) is 0. The van der Waals surface area contributed by atoms with Gasteiger partial charge in [0.15, 0.2) is 0 Å². The van der Waals surface area contributed by atoms with Gasteiger partial charge in [0.05, 0.1) is 35.2 Å². The van der Waals surface area contributed by atoms with Gasteiger partial charge in [-0.2, -0.15) is 10.2 Å². The lowest BCUT2D eigenvalue weighted by atomic mass is 10.1. The molecule has 0 saturated heterocycles. The van der Waals surface area contributed by atoms with E-state index in [-0.39, 0.29) is 0 Å². The minimum atomic E-state index is 0.996. The topological polar surface area (TPSA) is 34.4 Å². The van der Waals surface area contributed by atoms with E-state index in [0.29, 0.717) is 0 Å². The third kappa shape index (κ3) is 7.75. The Labute approximate surface area is 310 Å². The molecule has 0 aromatic heterocycles. The van der Waals surface area contributed by atoms with Crippen molar-refractivity contribution in [2.75, 3.05) is 14.9 Å². The van der Waals surface area contributed by atoms with Crippen molar-refractivity contribution in [2.24, 2.45) is 10.2 Å². The van der Waals surface area contributed by atoms with Crippen molar-refractivity contribution in [2.45, 2.75) is 0 Å². The molecule has 0 N–H and O–H groups in total. The van der Waals surface area contributed by atoms with Crippen LogP contribution >= 0.6 is 0 Å². The van der Waals surface area contributed by atoms with Crippen LogP contribution in [0.5, 0.6) is 0 Å². The molecular formula is C48H37N5. The van der Waals surface area contributed by atoms with Gasteiger partial charge in [-0.3, -0.25) is 0 Å². The molecule has 5 heteroatoms. The number of hydrazone groups is 2. The van der Waals surface area contributed by atoms with Gasteiger partial charge < -0.3 is 4.90 Å². The Morgan fingerprint density at radius 3 is 1.02 bits per heavy atom. The first-order valence-corrected chi connectivity index (χ1v) is 17.7. The van der Waals surface area contributed by atoms with Crippen LogP contribution in [-0.2, 0) is 0 Å². The van der Waals surface area contributed by atoms with Gasteiger partial charge in [-0.05, 0) is 107 Å². The summed E-state index contributed by atoms with van der Waals surface area (Å²) in [7, 11) is 0. The molecule has 0 bridgehead atoms. The van der Waals surface area contributed by atoms with Crippen molar-refractivity contribution < 1.29 is 0 Å². The molecule has 53 heavy (non-hydrogen) atoms. The normalized spacial score (nSPS) is 11.2. The van der Waals surface area contributed by atoms with Crippen molar-refractivity contribution in [3.63, 3.8) is 0 Å².